The van der Waals surface area contributed by atoms with E-state index in [4.69, 9.17) is 9.84 Å². The zero-order valence-electron chi connectivity index (χ0n) is 15.1. The van der Waals surface area contributed by atoms with Gasteiger partial charge in [-0.3, -0.25) is 9.69 Å². The third kappa shape index (κ3) is 4.94. The van der Waals surface area contributed by atoms with Gasteiger partial charge in [-0.05, 0) is 25.0 Å². The Balaban J connectivity index is 2.28. The Morgan fingerprint density at radius 3 is 2.60 bits per heavy atom. The van der Waals surface area contributed by atoms with Crippen molar-refractivity contribution in [3.63, 3.8) is 0 Å². The number of carbonyl (C=O) groups is 1. The molecule has 1 aliphatic heterocycles. The molecule has 1 fully saturated rings. The van der Waals surface area contributed by atoms with Crippen molar-refractivity contribution in [2.75, 3.05) is 38.7 Å². The Kier molecular flexibility index (Phi) is 8.16. The molecule has 4 nitrogen and oxygen atoms in total. The summed E-state index contributed by atoms with van der Waals surface area (Å²) in [5.74, 6) is 0.840. The summed E-state index contributed by atoms with van der Waals surface area (Å²) < 4.78 is 5.49. The van der Waals surface area contributed by atoms with Gasteiger partial charge in [0.25, 0.3) is 0 Å². The highest BCUT2D eigenvalue weighted by Gasteiger charge is 2.42. The third-order valence-corrected chi connectivity index (χ3v) is 5.65. The predicted molar refractivity (Wildman–Crippen MR) is 103 cm³/mol. The first-order valence-electron chi connectivity index (χ1n) is 9.00. The Morgan fingerprint density at radius 1 is 1.36 bits per heavy atom. The largest absolute Gasteiger partial charge is 0.396 e. The Labute approximate surface area is 155 Å². The van der Waals surface area contributed by atoms with Crippen LogP contribution in [-0.2, 0) is 4.74 Å². The first kappa shape index (κ1) is 20.2. The van der Waals surface area contributed by atoms with Crippen LogP contribution in [0.2, 0.25) is 0 Å². The molecule has 25 heavy (non-hydrogen) atoms. The van der Waals surface area contributed by atoms with Crippen molar-refractivity contribution in [3.05, 3.63) is 42.5 Å². The first-order valence-corrected chi connectivity index (χ1v) is 9.98. The van der Waals surface area contributed by atoms with Crippen LogP contribution in [0.1, 0.15) is 36.5 Å². The van der Waals surface area contributed by atoms with Gasteiger partial charge in [0.1, 0.15) is 0 Å². The smallest absolute Gasteiger partial charge is 0.183 e. The maximum atomic E-state index is 13.5. The van der Waals surface area contributed by atoms with Crippen molar-refractivity contribution in [3.8, 4) is 0 Å². The lowest BCUT2D eigenvalue weighted by molar-refractivity contribution is -0.0171. The van der Waals surface area contributed by atoms with Crippen molar-refractivity contribution >= 4 is 17.5 Å². The highest BCUT2D eigenvalue weighted by atomic mass is 32.2. The van der Waals surface area contributed by atoms with E-state index in [0.717, 1.165) is 36.4 Å². The van der Waals surface area contributed by atoms with E-state index >= 15 is 0 Å². The van der Waals surface area contributed by atoms with Crippen LogP contribution in [0.3, 0.4) is 0 Å². The molecule has 0 radical (unpaired) electrons. The minimum atomic E-state index is -0.528. The van der Waals surface area contributed by atoms with Gasteiger partial charge in [0.05, 0.1) is 25.4 Å². The number of carbonyl (C=O) groups excluding carboxylic acids is 1. The van der Waals surface area contributed by atoms with Gasteiger partial charge in [0.2, 0.25) is 0 Å². The molecule has 138 valence electrons. The van der Waals surface area contributed by atoms with E-state index in [1.165, 1.54) is 0 Å². The van der Waals surface area contributed by atoms with Gasteiger partial charge in [-0.15, -0.1) is 18.3 Å². The minimum Gasteiger partial charge on any atom is -0.396 e. The maximum Gasteiger partial charge on any atom is 0.183 e. The van der Waals surface area contributed by atoms with Gasteiger partial charge >= 0.3 is 0 Å². The Bertz CT molecular complexity index is 555. The van der Waals surface area contributed by atoms with E-state index in [-0.39, 0.29) is 12.4 Å². The van der Waals surface area contributed by atoms with E-state index in [1.54, 1.807) is 11.8 Å². The van der Waals surface area contributed by atoms with Crippen LogP contribution in [0, 0.1) is 0 Å². The number of thioether (sulfide) groups is 1. The zero-order valence-corrected chi connectivity index (χ0v) is 15.9. The van der Waals surface area contributed by atoms with Crippen LogP contribution in [0.15, 0.2) is 41.8 Å². The lowest BCUT2D eigenvalue weighted by Gasteiger charge is -2.44. The fraction of sp³-hybridized carbons (Fsp3) is 0.550. The topological polar surface area (TPSA) is 49.8 Å². The van der Waals surface area contributed by atoms with E-state index in [1.807, 2.05) is 30.3 Å². The number of rotatable bonds is 10. The van der Waals surface area contributed by atoms with Gasteiger partial charge in [0, 0.05) is 29.3 Å². The number of morpholine rings is 1. The molecule has 1 N–H and O–H groups in total. The van der Waals surface area contributed by atoms with Gasteiger partial charge < -0.3 is 9.84 Å². The summed E-state index contributed by atoms with van der Waals surface area (Å²) in [5, 5.41) is 8.94. The van der Waals surface area contributed by atoms with Crippen LogP contribution in [-0.4, -0.2) is 60.0 Å². The second-order valence-electron chi connectivity index (χ2n) is 6.30. The van der Waals surface area contributed by atoms with Crippen molar-refractivity contribution in [1.82, 2.24) is 4.90 Å². The van der Waals surface area contributed by atoms with Crippen LogP contribution in [0.4, 0.5) is 0 Å². The zero-order chi connectivity index (χ0) is 18.1. The molecule has 0 amide bonds. The maximum absolute atomic E-state index is 13.5. The number of ketones is 1. The SMILES string of the molecule is C=CCC(CCC)(C(=O)c1ccc(SCCO)cc1)N1CCOCC1. The van der Waals surface area contributed by atoms with Gasteiger partial charge in [-0.1, -0.05) is 31.6 Å². The molecule has 1 unspecified atom stereocenters. The molecule has 1 heterocycles. The molecule has 1 saturated heterocycles. The highest BCUT2D eigenvalue weighted by molar-refractivity contribution is 7.99. The number of aliphatic hydroxyl groups excluding tert-OH is 1. The summed E-state index contributed by atoms with van der Waals surface area (Å²) in [5.41, 5.74) is 0.218. The monoisotopic (exact) mass is 363 g/mol. The number of ether oxygens (including phenoxy) is 1. The molecule has 0 aromatic heterocycles. The summed E-state index contributed by atoms with van der Waals surface area (Å²) >= 11 is 1.59. The lowest BCUT2D eigenvalue weighted by atomic mass is 9.80. The fourth-order valence-corrected chi connectivity index (χ4v) is 4.17. The number of hydrogen-bond donors (Lipinski definition) is 1. The number of benzene rings is 1. The van der Waals surface area contributed by atoms with Crippen molar-refractivity contribution < 1.29 is 14.6 Å². The summed E-state index contributed by atoms with van der Waals surface area (Å²) in [6.07, 6.45) is 4.29. The average molecular weight is 364 g/mol. The summed E-state index contributed by atoms with van der Waals surface area (Å²) in [6, 6.07) is 7.76. The molecule has 0 spiro atoms. The third-order valence-electron chi connectivity index (χ3n) is 4.66. The molecule has 0 aliphatic carbocycles. The normalized spacial score (nSPS) is 17.8. The van der Waals surface area contributed by atoms with E-state index in [0.29, 0.717) is 25.4 Å². The molecular weight excluding hydrogens is 334 g/mol. The van der Waals surface area contributed by atoms with Crippen LogP contribution in [0.5, 0.6) is 0 Å². The van der Waals surface area contributed by atoms with E-state index in [9.17, 15) is 4.79 Å². The molecule has 1 aromatic rings. The number of nitrogens with zero attached hydrogens (tertiary/aromatic N) is 1. The summed E-state index contributed by atoms with van der Waals surface area (Å²) in [4.78, 5) is 16.9. The summed E-state index contributed by atoms with van der Waals surface area (Å²) in [7, 11) is 0. The first-order chi connectivity index (χ1) is 12.2. The Hall–Kier alpha value is -1.14. The number of hydrogen-bond acceptors (Lipinski definition) is 5. The fourth-order valence-electron chi connectivity index (χ4n) is 3.52. The van der Waals surface area contributed by atoms with Crippen molar-refractivity contribution in [1.29, 1.82) is 0 Å². The van der Waals surface area contributed by atoms with E-state index < -0.39 is 5.54 Å². The molecular formula is C20H29NO3S. The molecule has 1 aliphatic rings. The molecule has 1 atom stereocenters. The minimum absolute atomic E-state index is 0.154. The van der Waals surface area contributed by atoms with Crippen molar-refractivity contribution in [2.45, 2.75) is 36.6 Å². The van der Waals surface area contributed by atoms with Crippen molar-refractivity contribution in [2.24, 2.45) is 0 Å². The Morgan fingerprint density at radius 2 is 2.04 bits per heavy atom. The standard InChI is InChI=1S/C20H29NO3S/c1-3-9-20(10-4-2,21-11-14-24-15-12-21)19(23)17-5-7-18(8-6-17)25-16-13-22/h3,5-8,22H,1,4,9-16H2,2H3. The molecule has 2 rings (SSSR count). The average Bonchev–Trinajstić information content (AvgIpc) is 2.66. The lowest BCUT2D eigenvalue weighted by Crippen LogP contribution is -2.58. The number of aliphatic hydroxyl groups is 1. The highest BCUT2D eigenvalue weighted by Crippen LogP contribution is 2.32. The second-order valence-corrected chi connectivity index (χ2v) is 7.47. The molecule has 0 bridgehead atoms. The summed E-state index contributed by atoms with van der Waals surface area (Å²) in [6.45, 7) is 9.10. The number of Topliss-reactive ketones (excluding diaryl/α,β-unsaturated/α-hetero) is 1. The molecule has 5 heteroatoms. The van der Waals surface area contributed by atoms with Gasteiger partial charge in [0.15, 0.2) is 5.78 Å². The molecule has 0 saturated carbocycles. The van der Waals surface area contributed by atoms with Gasteiger partial charge in [-0.2, -0.15) is 0 Å². The van der Waals surface area contributed by atoms with Crippen LogP contribution in [0.25, 0.3) is 0 Å². The van der Waals surface area contributed by atoms with Crippen LogP contribution < -0.4 is 0 Å². The molecule has 1 aromatic carbocycles. The second kappa shape index (κ2) is 10.1. The quantitative estimate of drug-likeness (QED) is 0.392. The predicted octanol–water partition coefficient (Wildman–Crippen LogP) is 3.40. The van der Waals surface area contributed by atoms with Crippen LogP contribution >= 0.6 is 11.8 Å². The van der Waals surface area contributed by atoms with Gasteiger partial charge in [-0.25, -0.2) is 0 Å². The van der Waals surface area contributed by atoms with E-state index in [2.05, 4.69) is 18.4 Å².